The Hall–Kier alpha value is -0.820. The molecule has 0 aliphatic heterocycles. The normalized spacial score (nSPS) is 11.4. The molecule has 0 unspecified atom stereocenters. The molecule has 0 N–H and O–H groups in total. The molecule has 0 spiro atoms. The summed E-state index contributed by atoms with van der Waals surface area (Å²) in [6.45, 7) is 6.78. The summed E-state index contributed by atoms with van der Waals surface area (Å²) in [5.74, 6) is 0.741. The van der Waals surface area contributed by atoms with Crippen LogP contribution in [0.15, 0.2) is 18.2 Å². The Balaban J connectivity index is 2.51. The first kappa shape index (κ1) is 9.72. The van der Waals surface area contributed by atoms with E-state index in [1.165, 1.54) is 26.9 Å². The van der Waals surface area contributed by atoms with Crippen molar-refractivity contribution in [2.45, 2.75) is 27.2 Å². The van der Waals surface area contributed by atoms with Crippen molar-refractivity contribution in [2.24, 2.45) is 5.92 Å². The van der Waals surface area contributed by atoms with Crippen LogP contribution in [0.1, 0.15) is 24.3 Å². The lowest BCUT2D eigenvalue weighted by molar-refractivity contribution is 0.652. The van der Waals surface area contributed by atoms with Crippen LogP contribution < -0.4 is 0 Å². The van der Waals surface area contributed by atoms with Crippen LogP contribution in [0.5, 0.6) is 0 Å². The predicted molar refractivity (Wildman–Crippen MR) is 63.9 cm³/mol. The number of rotatable bonds is 2. The first-order chi connectivity index (χ1) is 6.68. The molecule has 0 aliphatic carbocycles. The Morgan fingerprint density at radius 1 is 1.43 bits per heavy atom. The SMILES string of the molecule is Cc1c(CC(C)C)sc2c[c]ccc12. The fourth-order valence-electron chi connectivity index (χ4n) is 1.73. The van der Waals surface area contributed by atoms with Crippen molar-refractivity contribution in [3.63, 3.8) is 0 Å². The fraction of sp³-hybridized carbons (Fsp3) is 0.385. The lowest BCUT2D eigenvalue weighted by atomic mass is 10.1. The zero-order valence-corrected chi connectivity index (χ0v) is 9.74. The summed E-state index contributed by atoms with van der Waals surface area (Å²) < 4.78 is 1.38. The topological polar surface area (TPSA) is 0 Å². The highest BCUT2D eigenvalue weighted by atomic mass is 32.1. The van der Waals surface area contributed by atoms with Gasteiger partial charge in [-0.3, -0.25) is 0 Å². The average Bonchev–Trinajstić information content (AvgIpc) is 2.44. The van der Waals surface area contributed by atoms with Crippen LogP contribution in [0, 0.1) is 18.9 Å². The molecular weight excluding hydrogens is 188 g/mol. The summed E-state index contributed by atoms with van der Waals surface area (Å²) in [5, 5.41) is 1.41. The average molecular weight is 203 g/mol. The van der Waals surface area contributed by atoms with Crippen LogP contribution in [0.3, 0.4) is 0 Å². The Morgan fingerprint density at radius 3 is 2.86 bits per heavy atom. The molecule has 0 saturated heterocycles. The summed E-state index contributed by atoms with van der Waals surface area (Å²) in [5.41, 5.74) is 1.47. The Morgan fingerprint density at radius 2 is 2.21 bits per heavy atom. The Bertz CT molecular complexity index is 437. The fourth-order valence-corrected chi connectivity index (χ4v) is 3.14. The molecule has 0 nitrogen and oxygen atoms in total. The summed E-state index contributed by atoms with van der Waals surface area (Å²) in [7, 11) is 0. The number of aryl methyl sites for hydroxylation is 1. The van der Waals surface area contributed by atoms with E-state index in [0.29, 0.717) is 0 Å². The monoisotopic (exact) mass is 203 g/mol. The van der Waals surface area contributed by atoms with Crippen LogP contribution in [0.25, 0.3) is 10.1 Å². The quantitative estimate of drug-likeness (QED) is 0.686. The minimum Gasteiger partial charge on any atom is -0.140 e. The minimum absolute atomic E-state index is 0.741. The molecule has 1 aromatic heterocycles. The summed E-state index contributed by atoms with van der Waals surface area (Å²) in [6.07, 6.45) is 1.20. The van der Waals surface area contributed by atoms with E-state index in [0.717, 1.165) is 5.92 Å². The van der Waals surface area contributed by atoms with Gasteiger partial charge in [0.25, 0.3) is 0 Å². The molecule has 1 aromatic carbocycles. The number of thiophene rings is 1. The molecule has 0 bridgehead atoms. The molecule has 14 heavy (non-hydrogen) atoms. The standard InChI is InChI=1S/C13H15S/c1-9(2)8-13-10(3)11-6-4-5-7-12(11)14-13/h4,6-7,9H,8H2,1-3H3. The number of hydrogen-bond acceptors (Lipinski definition) is 1. The van der Waals surface area contributed by atoms with E-state index in [9.17, 15) is 0 Å². The summed E-state index contributed by atoms with van der Waals surface area (Å²) in [6, 6.07) is 9.41. The van der Waals surface area contributed by atoms with Crippen molar-refractivity contribution in [3.8, 4) is 0 Å². The van der Waals surface area contributed by atoms with Crippen molar-refractivity contribution in [1.29, 1.82) is 0 Å². The largest absolute Gasteiger partial charge is 0.140 e. The van der Waals surface area contributed by atoms with Gasteiger partial charge in [0.2, 0.25) is 0 Å². The smallest absolute Gasteiger partial charge is 0.0354 e. The second-order valence-corrected chi connectivity index (χ2v) is 5.31. The van der Waals surface area contributed by atoms with Crippen LogP contribution in [0.2, 0.25) is 0 Å². The summed E-state index contributed by atoms with van der Waals surface area (Å²) >= 11 is 1.92. The first-order valence-corrected chi connectivity index (χ1v) is 5.88. The third-order valence-electron chi connectivity index (χ3n) is 2.48. The van der Waals surface area contributed by atoms with Crippen molar-refractivity contribution in [2.75, 3.05) is 0 Å². The second kappa shape index (κ2) is 3.74. The van der Waals surface area contributed by atoms with Crippen LogP contribution in [-0.2, 0) is 6.42 Å². The van der Waals surface area contributed by atoms with E-state index in [-0.39, 0.29) is 0 Å². The highest BCUT2D eigenvalue weighted by molar-refractivity contribution is 7.19. The Labute approximate surface area is 89.6 Å². The molecule has 0 atom stereocenters. The second-order valence-electron chi connectivity index (χ2n) is 4.17. The molecule has 73 valence electrons. The van der Waals surface area contributed by atoms with E-state index < -0.39 is 0 Å². The molecular formula is C13H15S. The van der Waals surface area contributed by atoms with E-state index in [2.05, 4.69) is 39.0 Å². The molecule has 1 heterocycles. The van der Waals surface area contributed by atoms with Gasteiger partial charge >= 0.3 is 0 Å². The third kappa shape index (κ3) is 1.69. The number of hydrogen-bond donors (Lipinski definition) is 0. The molecule has 0 fully saturated rings. The van der Waals surface area contributed by atoms with Gasteiger partial charge in [0.05, 0.1) is 0 Å². The van der Waals surface area contributed by atoms with Gasteiger partial charge in [-0.25, -0.2) is 0 Å². The number of fused-ring (bicyclic) bond motifs is 1. The minimum atomic E-state index is 0.741. The zero-order valence-electron chi connectivity index (χ0n) is 8.92. The molecule has 2 aromatic rings. The molecule has 0 amide bonds. The predicted octanol–water partition coefficient (Wildman–Crippen LogP) is 4.21. The lowest BCUT2D eigenvalue weighted by Gasteiger charge is -2.02. The van der Waals surface area contributed by atoms with Crippen LogP contribution >= 0.6 is 11.3 Å². The number of benzene rings is 1. The lowest BCUT2D eigenvalue weighted by Crippen LogP contribution is -1.92. The van der Waals surface area contributed by atoms with Gasteiger partial charge in [0.15, 0.2) is 0 Å². The van der Waals surface area contributed by atoms with Gasteiger partial charge in [-0.1, -0.05) is 26.0 Å². The first-order valence-electron chi connectivity index (χ1n) is 5.06. The van der Waals surface area contributed by atoms with E-state index in [1.807, 2.05) is 17.4 Å². The maximum Gasteiger partial charge on any atom is 0.0354 e. The van der Waals surface area contributed by atoms with Gasteiger partial charge in [-0.2, -0.15) is 0 Å². The molecule has 0 saturated carbocycles. The van der Waals surface area contributed by atoms with Crippen molar-refractivity contribution in [3.05, 3.63) is 34.7 Å². The molecule has 0 aliphatic rings. The van der Waals surface area contributed by atoms with E-state index >= 15 is 0 Å². The van der Waals surface area contributed by atoms with Gasteiger partial charge < -0.3 is 0 Å². The van der Waals surface area contributed by atoms with Gasteiger partial charge in [0.1, 0.15) is 0 Å². The maximum absolute atomic E-state index is 3.14. The molecule has 2 rings (SSSR count). The Kier molecular flexibility index (Phi) is 2.60. The highest BCUT2D eigenvalue weighted by Crippen LogP contribution is 2.31. The van der Waals surface area contributed by atoms with Gasteiger partial charge in [-0.05, 0) is 42.3 Å². The third-order valence-corrected chi connectivity index (χ3v) is 3.75. The van der Waals surface area contributed by atoms with E-state index in [1.54, 1.807) is 0 Å². The highest BCUT2D eigenvalue weighted by Gasteiger charge is 2.08. The van der Waals surface area contributed by atoms with Gasteiger partial charge in [-0.15, -0.1) is 11.3 Å². The molecule has 1 radical (unpaired) electrons. The van der Waals surface area contributed by atoms with Crippen molar-refractivity contribution >= 4 is 21.4 Å². The van der Waals surface area contributed by atoms with Crippen molar-refractivity contribution < 1.29 is 0 Å². The van der Waals surface area contributed by atoms with E-state index in [4.69, 9.17) is 0 Å². The maximum atomic E-state index is 3.14. The van der Waals surface area contributed by atoms with Crippen LogP contribution in [-0.4, -0.2) is 0 Å². The van der Waals surface area contributed by atoms with Crippen molar-refractivity contribution in [1.82, 2.24) is 0 Å². The van der Waals surface area contributed by atoms with Gasteiger partial charge in [0, 0.05) is 9.58 Å². The molecule has 1 heteroatoms. The van der Waals surface area contributed by atoms with Crippen LogP contribution in [0.4, 0.5) is 0 Å². The summed E-state index contributed by atoms with van der Waals surface area (Å²) in [4.78, 5) is 1.54. The zero-order chi connectivity index (χ0) is 10.1.